The summed E-state index contributed by atoms with van der Waals surface area (Å²) in [5.41, 5.74) is 3.17. The minimum atomic E-state index is -0.112. The van der Waals surface area contributed by atoms with Crippen LogP contribution in [0.4, 0.5) is 4.39 Å². The molecule has 1 aromatic heterocycles. The lowest BCUT2D eigenvalue weighted by Crippen LogP contribution is -2.42. The summed E-state index contributed by atoms with van der Waals surface area (Å²) < 4.78 is 14.1. The minimum Gasteiger partial charge on any atom is -0.361 e. The van der Waals surface area contributed by atoms with Gasteiger partial charge in [0.05, 0.1) is 0 Å². The number of para-hydroxylation sites is 1. The molecular formula is C22H25FN4. The number of aromatic nitrogens is 1. The molecule has 1 heterocycles. The molecule has 1 saturated carbocycles. The Morgan fingerprint density at radius 1 is 1.11 bits per heavy atom. The molecule has 27 heavy (non-hydrogen) atoms. The molecule has 0 atom stereocenters. The molecular weight excluding hydrogens is 339 g/mol. The third kappa shape index (κ3) is 3.68. The number of halogens is 1. The Kier molecular flexibility index (Phi) is 4.84. The number of rotatable bonds is 6. The Balaban J connectivity index is 1.32. The van der Waals surface area contributed by atoms with Crippen LogP contribution in [0.25, 0.3) is 10.9 Å². The van der Waals surface area contributed by atoms with Gasteiger partial charge in [-0.3, -0.25) is 4.99 Å². The van der Waals surface area contributed by atoms with Crippen LogP contribution in [0.1, 0.15) is 24.0 Å². The molecule has 0 unspecified atom stereocenters. The summed E-state index contributed by atoms with van der Waals surface area (Å²) in [6.07, 6.45) is 4.99. The van der Waals surface area contributed by atoms with Crippen molar-refractivity contribution in [1.82, 2.24) is 15.6 Å². The molecule has 1 fully saturated rings. The second-order valence-electron chi connectivity index (χ2n) is 7.22. The van der Waals surface area contributed by atoms with Gasteiger partial charge < -0.3 is 15.6 Å². The van der Waals surface area contributed by atoms with Crippen LogP contribution in [0.5, 0.6) is 0 Å². The fourth-order valence-corrected chi connectivity index (χ4v) is 3.71. The first kappa shape index (κ1) is 17.6. The monoisotopic (exact) mass is 364 g/mol. The molecule has 3 aromatic rings. The van der Waals surface area contributed by atoms with Gasteiger partial charge >= 0.3 is 0 Å². The molecule has 140 valence electrons. The van der Waals surface area contributed by atoms with E-state index >= 15 is 0 Å². The average molecular weight is 364 g/mol. The van der Waals surface area contributed by atoms with Crippen molar-refractivity contribution < 1.29 is 4.39 Å². The van der Waals surface area contributed by atoms with Crippen LogP contribution in [-0.2, 0) is 11.8 Å². The Bertz CT molecular complexity index is 956. The second kappa shape index (κ2) is 7.43. The van der Waals surface area contributed by atoms with Crippen LogP contribution >= 0.6 is 0 Å². The first-order valence-electron chi connectivity index (χ1n) is 9.46. The Morgan fingerprint density at radius 2 is 1.89 bits per heavy atom. The van der Waals surface area contributed by atoms with Crippen molar-refractivity contribution in [2.75, 3.05) is 20.1 Å². The van der Waals surface area contributed by atoms with Crippen LogP contribution < -0.4 is 10.6 Å². The first-order chi connectivity index (χ1) is 13.2. The minimum absolute atomic E-state index is 0.0974. The molecule has 3 N–H and O–H groups in total. The van der Waals surface area contributed by atoms with Crippen LogP contribution in [0, 0.1) is 5.82 Å². The zero-order chi connectivity index (χ0) is 18.7. The van der Waals surface area contributed by atoms with Crippen molar-refractivity contribution in [3.8, 4) is 0 Å². The van der Waals surface area contributed by atoms with Crippen molar-refractivity contribution in [2.24, 2.45) is 4.99 Å². The standard InChI is InChI=1S/C22H25FN4/c1-24-21(25-13-10-16-14-26-20-9-5-2-6-17(16)20)27-15-22(11-12-22)18-7-3-4-8-19(18)23/h2-9,14,26H,10-13,15H2,1H3,(H2,24,25,27). The maximum absolute atomic E-state index is 14.1. The zero-order valence-corrected chi connectivity index (χ0v) is 15.6. The maximum Gasteiger partial charge on any atom is 0.191 e. The van der Waals surface area contributed by atoms with Gasteiger partial charge in [0.15, 0.2) is 5.96 Å². The summed E-state index contributed by atoms with van der Waals surface area (Å²) in [5, 5.41) is 8.01. The number of nitrogens with zero attached hydrogens (tertiary/aromatic N) is 1. The lowest BCUT2D eigenvalue weighted by molar-refractivity contribution is 0.560. The number of hydrogen-bond donors (Lipinski definition) is 3. The summed E-state index contributed by atoms with van der Waals surface area (Å²) in [5.74, 6) is 0.650. The van der Waals surface area contributed by atoms with E-state index in [0.29, 0.717) is 6.54 Å². The summed E-state index contributed by atoms with van der Waals surface area (Å²) in [6, 6.07) is 15.4. The van der Waals surface area contributed by atoms with Gasteiger partial charge in [-0.25, -0.2) is 4.39 Å². The molecule has 0 radical (unpaired) electrons. The van der Waals surface area contributed by atoms with Gasteiger partial charge in [-0.15, -0.1) is 0 Å². The predicted molar refractivity (Wildman–Crippen MR) is 109 cm³/mol. The van der Waals surface area contributed by atoms with E-state index in [0.717, 1.165) is 42.8 Å². The highest BCUT2D eigenvalue weighted by atomic mass is 19.1. The number of hydrogen-bond acceptors (Lipinski definition) is 1. The van der Waals surface area contributed by atoms with Gasteiger partial charge in [-0.2, -0.15) is 0 Å². The Labute approximate surface area is 158 Å². The van der Waals surface area contributed by atoms with E-state index in [-0.39, 0.29) is 11.2 Å². The van der Waals surface area contributed by atoms with E-state index in [1.54, 1.807) is 19.2 Å². The third-order valence-electron chi connectivity index (χ3n) is 5.48. The predicted octanol–water partition coefficient (Wildman–Crippen LogP) is 3.75. The summed E-state index contributed by atoms with van der Waals surface area (Å²) in [4.78, 5) is 7.62. The quantitative estimate of drug-likeness (QED) is 0.461. The maximum atomic E-state index is 14.1. The van der Waals surface area contributed by atoms with Gasteiger partial charge in [0.25, 0.3) is 0 Å². The van der Waals surface area contributed by atoms with Crippen molar-refractivity contribution in [1.29, 1.82) is 0 Å². The molecule has 5 heteroatoms. The molecule has 0 aliphatic heterocycles. The molecule has 2 aromatic carbocycles. The summed E-state index contributed by atoms with van der Waals surface area (Å²) in [6.45, 7) is 1.48. The van der Waals surface area contributed by atoms with E-state index in [1.807, 2.05) is 18.2 Å². The van der Waals surface area contributed by atoms with E-state index in [9.17, 15) is 4.39 Å². The van der Waals surface area contributed by atoms with Gasteiger partial charge in [0, 0.05) is 42.7 Å². The number of aromatic amines is 1. The second-order valence-corrected chi connectivity index (χ2v) is 7.22. The van der Waals surface area contributed by atoms with E-state index < -0.39 is 0 Å². The average Bonchev–Trinajstić information content (AvgIpc) is 3.38. The van der Waals surface area contributed by atoms with Crippen LogP contribution in [-0.4, -0.2) is 31.1 Å². The molecule has 4 nitrogen and oxygen atoms in total. The van der Waals surface area contributed by atoms with Crippen molar-refractivity contribution in [2.45, 2.75) is 24.7 Å². The van der Waals surface area contributed by atoms with Crippen molar-refractivity contribution in [3.63, 3.8) is 0 Å². The van der Waals surface area contributed by atoms with Gasteiger partial charge in [-0.1, -0.05) is 36.4 Å². The van der Waals surface area contributed by atoms with Crippen molar-refractivity contribution in [3.05, 3.63) is 71.7 Å². The van der Waals surface area contributed by atoms with Gasteiger partial charge in [0.2, 0.25) is 0 Å². The molecule has 0 amide bonds. The van der Waals surface area contributed by atoms with Crippen molar-refractivity contribution >= 4 is 16.9 Å². The number of nitrogens with one attached hydrogen (secondary N) is 3. The number of fused-ring (bicyclic) bond motifs is 1. The summed E-state index contributed by atoms with van der Waals surface area (Å²) >= 11 is 0. The van der Waals surface area contributed by atoms with Gasteiger partial charge in [-0.05, 0) is 42.5 Å². The van der Waals surface area contributed by atoms with Crippen LogP contribution in [0.2, 0.25) is 0 Å². The van der Waals surface area contributed by atoms with Crippen LogP contribution in [0.15, 0.2) is 59.7 Å². The molecule has 1 aliphatic rings. The SMILES string of the molecule is CN=C(NCCc1c[nH]c2ccccc12)NCC1(c2ccccc2F)CC1. The van der Waals surface area contributed by atoms with Gasteiger partial charge in [0.1, 0.15) is 5.82 Å². The highest BCUT2D eigenvalue weighted by Gasteiger charge is 2.45. The highest BCUT2D eigenvalue weighted by Crippen LogP contribution is 2.48. The number of H-pyrrole nitrogens is 1. The largest absolute Gasteiger partial charge is 0.361 e. The highest BCUT2D eigenvalue weighted by molar-refractivity contribution is 5.83. The van der Waals surface area contributed by atoms with E-state index in [4.69, 9.17) is 0 Å². The molecule has 0 bridgehead atoms. The first-order valence-corrected chi connectivity index (χ1v) is 9.46. The number of benzene rings is 2. The van der Waals surface area contributed by atoms with E-state index in [2.05, 4.69) is 45.0 Å². The molecule has 4 rings (SSSR count). The molecule has 0 saturated heterocycles. The lowest BCUT2D eigenvalue weighted by atomic mass is 9.95. The van der Waals surface area contributed by atoms with E-state index in [1.165, 1.54) is 10.9 Å². The smallest absolute Gasteiger partial charge is 0.191 e. The Morgan fingerprint density at radius 3 is 2.67 bits per heavy atom. The summed E-state index contributed by atoms with van der Waals surface area (Å²) in [7, 11) is 1.77. The third-order valence-corrected chi connectivity index (χ3v) is 5.48. The fraction of sp³-hybridized carbons (Fsp3) is 0.318. The normalized spacial score (nSPS) is 15.7. The lowest BCUT2D eigenvalue weighted by Gasteiger charge is -2.19. The topological polar surface area (TPSA) is 52.2 Å². The zero-order valence-electron chi connectivity index (χ0n) is 15.6. The molecule has 1 aliphatic carbocycles. The fourth-order valence-electron chi connectivity index (χ4n) is 3.71. The number of aliphatic imine (C=N–C) groups is 1. The Hall–Kier alpha value is -2.82. The molecule has 0 spiro atoms. The van der Waals surface area contributed by atoms with Crippen LogP contribution in [0.3, 0.4) is 0 Å². The number of guanidine groups is 1.